The van der Waals surface area contributed by atoms with Crippen LogP contribution >= 0.6 is 0 Å². The van der Waals surface area contributed by atoms with E-state index in [0.29, 0.717) is 11.3 Å². The van der Waals surface area contributed by atoms with Crippen molar-refractivity contribution in [2.24, 2.45) is 0 Å². The summed E-state index contributed by atoms with van der Waals surface area (Å²) < 4.78 is 1.48. The average molecular weight is 337 g/mol. The molecule has 0 spiro atoms. The lowest BCUT2D eigenvalue weighted by Crippen LogP contribution is -2.30. The standard InChI is InChI=1S/C18H19N5O2/c1-2-13-6-8-14(9-7-13)17(11-24)20-18(25)15-4-3-5-16(10-15)23-12-19-21-22-23/h3-10,12,17,24H,2,11H2,1H3,(H,20,25). The molecule has 25 heavy (non-hydrogen) atoms. The number of hydrogen-bond acceptors (Lipinski definition) is 5. The van der Waals surface area contributed by atoms with Gasteiger partial charge >= 0.3 is 0 Å². The minimum atomic E-state index is -0.463. The van der Waals surface area contributed by atoms with E-state index in [0.717, 1.165) is 12.0 Å². The minimum Gasteiger partial charge on any atom is -0.394 e. The molecule has 0 radical (unpaired) electrons. The van der Waals surface area contributed by atoms with E-state index < -0.39 is 6.04 Å². The average Bonchev–Trinajstić information content (AvgIpc) is 3.21. The topological polar surface area (TPSA) is 92.9 Å². The second-order valence-corrected chi connectivity index (χ2v) is 5.61. The van der Waals surface area contributed by atoms with Crippen LogP contribution in [-0.4, -0.2) is 37.8 Å². The molecule has 1 amide bonds. The molecule has 2 aromatic carbocycles. The summed E-state index contributed by atoms with van der Waals surface area (Å²) in [7, 11) is 0. The van der Waals surface area contributed by atoms with Gasteiger partial charge in [0.05, 0.1) is 18.3 Å². The van der Waals surface area contributed by atoms with Crippen LogP contribution in [0.15, 0.2) is 54.9 Å². The van der Waals surface area contributed by atoms with Crippen molar-refractivity contribution < 1.29 is 9.90 Å². The molecule has 7 heteroatoms. The lowest BCUT2D eigenvalue weighted by Gasteiger charge is -2.17. The normalized spacial score (nSPS) is 11.9. The summed E-state index contributed by atoms with van der Waals surface area (Å²) in [5, 5.41) is 23.5. The van der Waals surface area contributed by atoms with Crippen molar-refractivity contribution in [3.05, 3.63) is 71.5 Å². The Bertz CT molecular complexity index is 831. The Labute approximate surface area is 145 Å². The van der Waals surface area contributed by atoms with Gasteiger partial charge in [-0.25, -0.2) is 4.68 Å². The van der Waals surface area contributed by atoms with Gasteiger partial charge in [-0.2, -0.15) is 0 Å². The molecule has 3 aromatic rings. The van der Waals surface area contributed by atoms with Gasteiger partial charge in [-0.3, -0.25) is 4.79 Å². The lowest BCUT2D eigenvalue weighted by atomic mass is 10.0. The van der Waals surface area contributed by atoms with E-state index in [1.54, 1.807) is 24.3 Å². The van der Waals surface area contributed by atoms with Crippen molar-refractivity contribution in [2.75, 3.05) is 6.61 Å². The van der Waals surface area contributed by atoms with Gasteiger partial charge in [-0.05, 0) is 46.2 Å². The molecule has 1 heterocycles. The molecule has 3 rings (SSSR count). The molecule has 1 atom stereocenters. The first kappa shape index (κ1) is 16.8. The summed E-state index contributed by atoms with van der Waals surface area (Å²) in [6.45, 7) is 1.90. The highest BCUT2D eigenvalue weighted by Crippen LogP contribution is 2.16. The SMILES string of the molecule is CCc1ccc(C(CO)NC(=O)c2cccc(-n3cnnn3)c2)cc1. The molecular weight excluding hydrogens is 318 g/mol. The van der Waals surface area contributed by atoms with Crippen molar-refractivity contribution in [1.29, 1.82) is 0 Å². The van der Waals surface area contributed by atoms with Crippen LogP contribution in [0.5, 0.6) is 0 Å². The second kappa shape index (κ2) is 7.67. The summed E-state index contributed by atoms with van der Waals surface area (Å²) in [4.78, 5) is 12.5. The third-order valence-electron chi connectivity index (χ3n) is 4.00. The van der Waals surface area contributed by atoms with Crippen LogP contribution in [0.3, 0.4) is 0 Å². The molecule has 0 aliphatic heterocycles. The van der Waals surface area contributed by atoms with Gasteiger partial charge in [0.25, 0.3) is 5.91 Å². The summed E-state index contributed by atoms with van der Waals surface area (Å²) in [5.74, 6) is -0.270. The van der Waals surface area contributed by atoms with Crippen LogP contribution < -0.4 is 5.32 Å². The van der Waals surface area contributed by atoms with E-state index >= 15 is 0 Å². The van der Waals surface area contributed by atoms with Crippen molar-refractivity contribution >= 4 is 5.91 Å². The molecule has 0 aliphatic rings. The van der Waals surface area contributed by atoms with Crippen LogP contribution in [0.25, 0.3) is 5.69 Å². The highest BCUT2D eigenvalue weighted by molar-refractivity contribution is 5.95. The van der Waals surface area contributed by atoms with Gasteiger partial charge in [-0.1, -0.05) is 37.3 Å². The number of tetrazole rings is 1. The summed E-state index contributed by atoms with van der Waals surface area (Å²) in [5.41, 5.74) is 3.23. The van der Waals surface area contributed by atoms with Gasteiger partial charge in [0.2, 0.25) is 0 Å². The van der Waals surface area contributed by atoms with Crippen LogP contribution in [0.1, 0.15) is 34.5 Å². The first-order valence-electron chi connectivity index (χ1n) is 8.05. The van der Waals surface area contributed by atoms with Gasteiger partial charge in [0.1, 0.15) is 6.33 Å². The number of carbonyl (C=O) groups excluding carboxylic acids is 1. The molecular formula is C18H19N5O2. The van der Waals surface area contributed by atoms with E-state index in [2.05, 4.69) is 27.8 Å². The third kappa shape index (κ3) is 3.89. The number of rotatable bonds is 6. The Morgan fingerprint density at radius 1 is 1.24 bits per heavy atom. The van der Waals surface area contributed by atoms with E-state index in [1.807, 2.05) is 24.3 Å². The monoisotopic (exact) mass is 337 g/mol. The number of aromatic nitrogens is 4. The zero-order valence-electron chi connectivity index (χ0n) is 13.8. The number of amides is 1. The minimum absolute atomic E-state index is 0.177. The number of aryl methyl sites for hydroxylation is 1. The molecule has 0 saturated heterocycles. The number of nitrogens with zero attached hydrogens (tertiary/aromatic N) is 4. The van der Waals surface area contributed by atoms with E-state index in [-0.39, 0.29) is 12.5 Å². The molecule has 0 saturated carbocycles. The van der Waals surface area contributed by atoms with Crippen LogP contribution in [-0.2, 0) is 6.42 Å². The highest BCUT2D eigenvalue weighted by atomic mass is 16.3. The van der Waals surface area contributed by atoms with Crippen LogP contribution in [0.2, 0.25) is 0 Å². The van der Waals surface area contributed by atoms with E-state index in [4.69, 9.17) is 0 Å². The van der Waals surface area contributed by atoms with Crippen LogP contribution in [0.4, 0.5) is 0 Å². The van der Waals surface area contributed by atoms with Crippen LogP contribution in [0, 0.1) is 0 Å². The maximum Gasteiger partial charge on any atom is 0.251 e. The van der Waals surface area contributed by atoms with Crippen molar-refractivity contribution in [2.45, 2.75) is 19.4 Å². The quantitative estimate of drug-likeness (QED) is 0.714. The van der Waals surface area contributed by atoms with E-state index in [9.17, 15) is 9.90 Å². The number of hydrogen-bond donors (Lipinski definition) is 2. The van der Waals surface area contributed by atoms with Crippen molar-refractivity contribution in [1.82, 2.24) is 25.5 Å². The molecule has 1 unspecified atom stereocenters. The highest BCUT2D eigenvalue weighted by Gasteiger charge is 2.15. The van der Waals surface area contributed by atoms with Crippen molar-refractivity contribution in [3.63, 3.8) is 0 Å². The Morgan fingerprint density at radius 3 is 2.68 bits per heavy atom. The summed E-state index contributed by atoms with van der Waals surface area (Å²) in [6.07, 6.45) is 2.41. The summed E-state index contributed by atoms with van der Waals surface area (Å²) >= 11 is 0. The zero-order valence-corrected chi connectivity index (χ0v) is 13.8. The molecule has 0 aliphatic carbocycles. The Balaban J connectivity index is 1.77. The van der Waals surface area contributed by atoms with Gasteiger partial charge in [-0.15, -0.1) is 5.10 Å². The molecule has 2 N–H and O–H groups in total. The Morgan fingerprint density at radius 2 is 2.04 bits per heavy atom. The Hall–Kier alpha value is -3.06. The van der Waals surface area contributed by atoms with Crippen molar-refractivity contribution in [3.8, 4) is 5.69 Å². The third-order valence-corrected chi connectivity index (χ3v) is 4.00. The number of aliphatic hydroxyl groups excluding tert-OH is 1. The fourth-order valence-electron chi connectivity index (χ4n) is 2.53. The molecule has 128 valence electrons. The predicted molar refractivity (Wildman–Crippen MR) is 92.3 cm³/mol. The maximum absolute atomic E-state index is 12.5. The number of benzene rings is 2. The number of nitrogens with one attached hydrogen (secondary N) is 1. The predicted octanol–water partition coefficient (Wildman–Crippen LogP) is 1.69. The molecule has 7 nitrogen and oxygen atoms in total. The lowest BCUT2D eigenvalue weighted by molar-refractivity contribution is 0.0916. The number of carbonyl (C=O) groups is 1. The fourth-order valence-corrected chi connectivity index (χ4v) is 2.53. The molecule has 0 fully saturated rings. The molecule has 0 bridgehead atoms. The largest absolute Gasteiger partial charge is 0.394 e. The second-order valence-electron chi connectivity index (χ2n) is 5.61. The van der Waals surface area contributed by atoms with Gasteiger partial charge in [0, 0.05) is 5.56 Å². The smallest absolute Gasteiger partial charge is 0.251 e. The maximum atomic E-state index is 12.5. The van der Waals surface area contributed by atoms with Gasteiger partial charge < -0.3 is 10.4 Å². The summed E-state index contributed by atoms with van der Waals surface area (Å²) in [6, 6.07) is 14.4. The molecule has 1 aromatic heterocycles. The first-order chi connectivity index (χ1) is 12.2. The van der Waals surface area contributed by atoms with E-state index in [1.165, 1.54) is 16.6 Å². The zero-order chi connectivity index (χ0) is 17.6. The number of aliphatic hydroxyl groups is 1. The van der Waals surface area contributed by atoms with Gasteiger partial charge in [0.15, 0.2) is 0 Å². The Kier molecular flexibility index (Phi) is 5.15. The fraction of sp³-hybridized carbons (Fsp3) is 0.222. The first-order valence-corrected chi connectivity index (χ1v) is 8.05.